The molecule has 0 bridgehead atoms. The van der Waals surface area contributed by atoms with Gasteiger partial charge in [-0.05, 0) is 46.6 Å². The highest BCUT2D eigenvalue weighted by Crippen LogP contribution is 2.34. The van der Waals surface area contributed by atoms with Gasteiger partial charge >= 0.3 is 7.12 Å². The first-order valence-electron chi connectivity index (χ1n) is 9.61. The minimum absolute atomic E-state index is 0.486. The summed E-state index contributed by atoms with van der Waals surface area (Å²) in [5.74, 6) is 0. The fourth-order valence-corrected chi connectivity index (χ4v) is 3.73. The second-order valence-electron chi connectivity index (χ2n) is 6.53. The number of para-hydroxylation sites is 1. The van der Waals surface area contributed by atoms with Gasteiger partial charge in [0.2, 0.25) is 0 Å². The Kier molecular flexibility index (Phi) is 4.91. The van der Waals surface area contributed by atoms with Crippen LogP contribution in [0.4, 0.5) is 0 Å². The second kappa shape index (κ2) is 7.51. The van der Waals surface area contributed by atoms with Gasteiger partial charge in [-0.2, -0.15) is 0 Å². The molecule has 0 radical (unpaired) electrons. The molecule has 0 amide bonds. The number of benzene rings is 4. The van der Waals surface area contributed by atoms with Gasteiger partial charge in [0.15, 0.2) is 0 Å². The summed E-state index contributed by atoms with van der Waals surface area (Å²) in [5.41, 5.74) is 3.76. The van der Waals surface area contributed by atoms with E-state index >= 15 is 0 Å². The lowest BCUT2D eigenvalue weighted by molar-refractivity contribution is 0.426. The molecule has 4 heteroatoms. The van der Waals surface area contributed by atoms with Crippen molar-refractivity contribution in [2.45, 2.75) is 13.8 Å². The summed E-state index contributed by atoms with van der Waals surface area (Å²) in [6, 6.07) is 28.6. The fourth-order valence-electron chi connectivity index (χ4n) is 3.73. The molecule has 1 heterocycles. The monoisotopic (exact) mass is 367 g/mol. The Hall–Kier alpha value is -3.08. The van der Waals surface area contributed by atoms with Crippen molar-refractivity contribution >= 4 is 45.2 Å². The highest BCUT2D eigenvalue weighted by atomic mass is 16.4. The quantitative estimate of drug-likeness (QED) is 0.447. The Morgan fingerprint density at radius 1 is 0.643 bits per heavy atom. The van der Waals surface area contributed by atoms with Crippen molar-refractivity contribution in [3.05, 3.63) is 84.9 Å². The highest BCUT2D eigenvalue weighted by molar-refractivity contribution is 6.58. The molecule has 0 fully saturated rings. The third-order valence-electron chi connectivity index (χ3n) is 4.99. The van der Waals surface area contributed by atoms with Crippen LogP contribution in [0.3, 0.4) is 0 Å². The maximum Gasteiger partial charge on any atom is 0.488 e. The lowest BCUT2D eigenvalue weighted by Gasteiger charge is -2.09. The first kappa shape index (κ1) is 18.3. The number of aromatic nitrogens is 1. The SMILES string of the molecule is CC.OB(O)c1ccc(-n2c3ccccc3c3cc4ccccc4cc32)cc1. The summed E-state index contributed by atoms with van der Waals surface area (Å²) in [4.78, 5) is 0. The van der Waals surface area contributed by atoms with Gasteiger partial charge in [-0.15, -0.1) is 0 Å². The molecule has 138 valence electrons. The van der Waals surface area contributed by atoms with E-state index in [1.165, 1.54) is 21.5 Å². The van der Waals surface area contributed by atoms with Crippen molar-refractivity contribution < 1.29 is 10.0 Å². The predicted octanol–water partition coefficient (Wildman–Crippen LogP) is 4.64. The molecule has 0 saturated heterocycles. The van der Waals surface area contributed by atoms with Crippen molar-refractivity contribution in [2.75, 3.05) is 0 Å². The molecular formula is C24H22BNO2. The van der Waals surface area contributed by atoms with E-state index < -0.39 is 7.12 Å². The Morgan fingerprint density at radius 2 is 1.25 bits per heavy atom. The molecular weight excluding hydrogens is 345 g/mol. The average Bonchev–Trinajstić information content (AvgIpc) is 3.07. The van der Waals surface area contributed by atoms with Crippen LogP contribution >= 0.6 is 0 Å². The van der Waals surface area contributed by atoms with Crippen LogP contribution in [0.15, 0.2) is 84.9 Å². The molecule has 5 rings (SSSR count). The molecule has 0 spiro atoms. The van der Waals surface area contributed by atoms with Gasteiger partial charge in [0.05, 0.1) is 11.0 Å². The van der Waals surface area contributed by atoms with E-state index in [0.717, 1.165) is 16.7 Å². The molecule has 0 aliphatic carbocycles. The van der Waals surface area contributed by atoms with Crippen LogP contribution < -0.4 is 5.46 Å². The van der Waals surface area contributed by atoms with E-state index in [1.54, 1.807) is 12.1 Å². The van der Waals surface area contributed by atoms with Crippen LogP contribution in [0.5, 0.6) is 0 Å². The smallest absolute Gasteiger partial charge is 0.423 e. The van der Waals surface area contributed by atoms with E-state index in [9.17, 15) is 10.0 Å². The van der Waals surface area contributed by atoms with Crippen LogP contribution in [-0.2, 0) is 0 Å². The van der Waals surface area contributed by atoms with Gasteiger partial charge in [-0.3, -0.25) is 0 Å². The largest absolute Gasteiger partial charge is 0.488 e. The molecule has 0 aliphatic heterocycles. The third-order valence-corrected chi connectivity index (χ3v) is 4.99. The molecule has 0 unspecified atom stereocenters. The average molecular weight is 367 g/mol. The van der Waals surface area contributed by atoms with E-state index in [4.69, 9.17) is 0 Å². The van der Waals surface area contributed by atoms with E-state index in [-0.39, 0.29) is 0 Å². The van der Waals surface area contributed by atoms with Crippen molar-refractivity contribution in [2.24, 2.45) is 0 Å². The first-order chi connectivity index (χ1) is 13.7. The van der Waals surface area contributed by atoms with Crippen molar-refractivity contribution in [3.63, 3.8) is 0 Å². The Balaban J connectivity index is 0.000000932. The number of hydrogen-bond donors (Lipinski definition) is 2. The minimum atomic E-state index is -1.45. The number of hydrogen-bond acceptors (Lipinski definition) is 2. The molecule has 28 heavy (non-hydrogen) atoms. The molecule has 5 aromatic rings. The Labute approximate surface area is 164 Å². The maximum absolute atomic E-state index is 9.36. The molecule has 3 nitrogen and oxygen atoms in total. The van der Waals surface area contributed by atoms with Gasteiger partial charge in [0.25, 0.3) is 0 Å². The third kappa shape index (κ3) is 2.97. The van der Waals surface area contributed by atoms with E-state index in [2.05, 4.69) is 59.2 Å². The van der Waals surface area contributed by atoms with Crippen LogP contribution in [0.2, 0.25) is 0 Å². The van der Waals surface area contributed by atoms with Crippen molar-refractivity contribution in [1.29, 1.82) is 0 Å². The molecule has 2 N–H and O–H groups in total. The number of fused-ring (bicyclic) bond motifs is 4. The topological polar surface area (TPSA) is 45.4 Å². The normalized spacial score (nSPS) is 10.9. The lowest BCUT2D eigenvalue weighted by Crippen LogP contribution is -2.29. The summed E-state index contributed by atoms with van der Waals surface area (Å²) >= 11 is 0. The van der Waals surface area contributed by atoms with Crippen molar-refractivity contribution in [3.8, 4) is 5.69 Å². The van der Waals surface area contributed by atoms with Gasteiger partial charge < -0.3 is 14.6 Å². The zero-order valence-corrected chi connectivity index (χ0v) is 16.0. The number of nitrogens with zero attached hydrogens (tertiary/aromatic N) is 1. The van der Waals surface area contributed by atoms with E-state index in [0.29, 0.717) is 5.46 Å². The summed E-state index contributed by atoms with van der Waals surface area (Å²) in [5, 5.41) is 23.6. The Morgan fingerprint density at radius 3 is 1.93 bits per heavy atom. The Bertz CT molecular complexity index is 1260. The van der Waals surface area contributed by atoms with Gasteiger partial charge in [0.1, 0.15) is 0 Å². The first-order valence-corrected chi connectivity index (χ1v) is 9.61. The van der Waals surface area contributed by atoms with Crippen LogP contribution in [0.1, 0.15) is 13.8 Å². The van der Waals surface area contributed by atoms with Crippen LogP contribution in [-0.4, -0.2) is 21.7 Å². The van der Waals surface area contributed by atoms with Crippen molar-refractivity contribution in [1.82, 2.24) is 4.57 Å². The summed E-state index contributed by atoms with van der Waals surface area (Å²) in [6.07, 6.45) is 0. The van der Waals surface area contributed by atoms with E-state index in [1.807, 2.05) is 32.0 Å². The van der Waals surface area contributed by atoms with Crippen LogP contribution in [0, 0.1) is 0 Å². The molecule has 0 aliphatic rings. The summed E-state index contributed by atoms with van der Waals surface area (Å²) in [6.45, 7) is 4.00. The predicted molar refractivity (Wildman–Crippen MR) is 119 cm³/mol. The molecule has 4 aromatic carbocycles. The maximum atomic E-state index is 9.36. The molecule has 0 atom stereocenters. The fraction of sp³-hybridized carbons (Fsp3) is 0.0833. The molecule has 1 aromatic heterocycles. The lowest BCUT2D eigenvalue weighted by atomic mass is 9.80. The van der Waals surface area contributed by atoms with Gasteiger partial charge in [-0.25, -0.2) is 0 Å². The number of rotatable bonds is 2. The summed E-state index contributed by atoms with van der Waals surface area (Å²) < 4.78 is 2.23. The highest BCUT2D eigenvalue weighted by Gasteiger charge is 2.14. The van der Waals surface area contributed by atoms with Gasteiger partial charge in [0, 0.05) is 16.5 Å². The van der Waals surface area contributed by atoms with Gasteiger partial charge in [-0.1, -0.05) is 68.4 Å². The summed E-state index contributed by atoms with van der Waals surface area (Å²) in [7, 11) is -1.45. The second-order valence-corrected chi connectivity index (χ2v) is 6.53. The zero-order valence-electron chi connectivity index (χ0n) is 16.0. The van der Waals surface area contributed by atoms with Crippen LogP contribution in [0.25, 0.3) is 38.3 Å². The standard InChI is InChI=1S/C22H16BNO2.C2H6/c25-23(26)17-9-11-18(12-10-17)24-21-8-4-3-7-19(21)20-13-15-5-1-2-6-16(15)14-22(20)24;1-2/h1-14,25-26H;1-2H3. The minimum Gasteiger partial charge on any atom is -0.423 e. The zero-order chi connectivity index (χ0) is 19.7. The molecule has 0 saturated carbocycles.